The van der Waals surface area contributed by atoms with Crippen molar-refractivity contribution >= 4 is 25.4 Å². The molecule has 0 aliphatic rings. The molecule has 0 aromatic rings. The SMILES string of the molecule is O=[P+](O)CO.[AlH3]. The van der Waals surface area contributed by atoms with Gasteiger partial charge in [-0.2, -0.15) is 4.89 Å². The maximum absolute atomic E-state index is 9.27. The highest BCUT2D eigenvalue weighted by Crippen LogP contribution is 2.06. The lowest BCUT2D eigenvalue weighted by molar-refractivity contribution is 0.343. The predicted octanol–water partition coefficient (Wildman–Crippen LogP) is -1.51. The van der Waals surface area contributed by atoms with Crippen LogP contribution < -0.4 is 0 Å². The van der Waals surface area contributed by atoms with E-state index in [1.807, 2.05) is 0 Å². The minimum Gasteiger partial charge on any atom is -0.351 e. The molecular weight excluding hydrogens is 118 g/mol. The summed E-state index contributed by atoms with van der Waals surface area (Å²) >= 11 is 0. The van der Waals surface area contributed by atoms with E-state index in [1.165, 1.54) is 0 Å². The summed E-state index contributed by atoms with van der Waals surface area (Å²) in [5.41, 5.74) is 0. The first-order valence-electron chi connectivity index (χ1n) is 1.02. The molecule has 0 saturated carbocycles. The van der Waals surface area contributed by atoms with E-state index < -0.39 is 14.4 Å². The summed E-state index contributed by atoms with van der Waals surface area (Å²) in [6.45, 7) is 0. The Morgan fingerprint density at radius 1 is 1.67 bits per heavy atom. The Hall–Kier alpha value is 0.552. The first-order valence-corrected chi connectivity index (χ1v) is 2.41. The Bertz CT molecular complexity index is 46.1. The van der Waals surface area contributed by atoms with E-state index in [1.54, 1.807) is 0 Å². The quantitative estimate of drug-likeness (QED) is 0.330. The molecule has 0 spiro atoms. The zero-order valence-corrected chi connectivity index (χ0v) is 3.35. The lowest BCUT2D eigenvalue weighted by atomic mass is 11.7. The molecule has 3 nitrogen and oxygen atoms in total. The van der Waals surface area contributed by atoms with E-state index in [0.29, 0.717) is 0 Å². The summed E-state index contributed by atoms with van der Waals surface area (Å²) in [6, 6.07) is 0. The number of rotatable bonds is 1. The molecule has 1 atom stereocenters. The van der Waals surface area contributed by atoms with Crippen molar-refractivity contribution in [3.63, 3.8) is 0 Å². The van der Waals surface area contributed by atoms with Gasteiger partial charge in [0.15, 0.2) is 17.4 Å². The fourth-order valence-corrected chi connectivity index (χ4v) is 0. The van der Waals surface area contributed by atoms with Crippen LogP contribution in [-0.4, -0.2) is 33.7 Å². The molecule has 36 valence electrons. The molecule has 0 rings (SSSR count). The topological polar surface area (TPSA) is 57.5 Å². The third-order valence-corrected chi connectivity index (χ3v) is 0.363. The van der Waals surface area contributed by atoms with Crippen molar-refractivity contribution in [1.29, 1.82) is 0 Å². The van der Waals surface area contributed by atoms with Gasteiger partial charge in [0.25, 0.3) is 6.35 Å². The maximum atomic E-state index is 9.27. The monoisotopic (exact) mass is 125 g/mol. The summed E-state index contributed by atoms with van der Waals surface area (Å²) in [6.07, 6.45) is -0.630. The molecule has 2 N–H and O–H groups in total. The molecule has 6 heavy (non-hydrogen) atoms. The zero-order valence-electron chi connectivity index (χ0n) is 2.46. The van der Waals surface area contributed by atoms with Gasteiger partial charge in [-0.3, -0.25) is 0 Å². The third-order valence-electron chi connectivity index (χ3n) is 0.121. The molecule has 0 aromatic heterocycles. The lowest BCUT2D eigenvalue weighted by Crippen LogP contribution is -1.64. The van der Waals surface area contributed by atoms with Gasteiger partial charge in [0, 0.05) is 0 Å². The van der Waals surface area contributed by atoms with Crippen LogP contribution in [0.3, 0.4) is 0 Å². The Labute approximate surface area is 47.0 Å². The molecule has 0 saturated heterocycles. The molecule has 0 aromatic carbocycles. The van der Waals surface area contributed by atoms with Gasteiger partial charge in [0.2, 0.25) is 0 Å². The first-order chi connectivity index (χ1) is 2.27. The van der Waals surface area contributed by atoms with Crippen molar-refractivity contribution in [2.75, 3.05) is 6.35 Å². The largest absolute Gasteiger partial charge is 0.534 e. The van der Waals surface area contributed by atoms with Crippen molar-refractivity contribution in [1.82, 2.24) is 0 Å². The second-order valence-corrected chi connectivity index (χ2v) is 1.48. The highest BCUT2D eigenvalue weighted by molar-refractivity contribution is 7.37. The number of aliphatic hydroxyl groups excluding tert-OH is 1. The second-order valence-electron chi connectivity index (χ2n) is 0.494. The summed E-state index contributed by atoms with van der Waals surface area (Å²) in [7, 11) is -2.29. The summed E-state index contributed by atoms with van der Waals surface area (Å²) in [5, 5.41) is 7.61. The van der Waals surface area contributed by atoms with Crippen LogP contribution in [0.5, 0.6) is 0 Å². The van der Waals surface area contributed by atoms with Crippen molar-refractivity contribution in [3.05, 3.63) is 0 Å². The Balaban J connectivity index is 0. The highest BCUT2D eigenvalue weighted by Gasteiger charge is 2.01. The smallest absolute Gasteiger partial charge is 0.351 e. The second kappa shape index (κ2) is 5.55. The Morgan fingerprint density at radius 3 is 1.83 bits per heavy atom. The molecule has 0 aliphatic heterocycles. The molecule has 0 bridgehead atoms. The van der Waals surface area contributed by atoms with E-state index in [-0.39, 0.29) is 17.4 Å². The molecule has 0 radical (unpaired) electrons. The van der Waals surface area contributed by atoms with Crippen LogP contribution in [0.2, 0.25) is 0 Å². The van der Waals surface area contributed by atoms with Gasteiger partial charge in [0.1, 0.15) is 0 Å². The number of hydrogen-bond acceptors (Lipinski definition) is 2. The van der Waals surface area contributed by atoms with E-state index >= 15 is 0 Å². The Kier molecular flexibility index (Phi) is 9.02. The standard InChI is InChI=1S/CH3O3P.Al.3H/c2-1-5(3)4;;;;/h2H,1H2;;;;/p+1. The van der Waals surface area contributed by atoms with Crippen molar-refractivity contribution < 1.29 is 14.6 Å². The minimum absolute atomic E-state index is 0. The van der Waals surface area contributed by atoms with E-state index in [0.717, 1.165) is 0 Å². The normalized spacial score (nSPS) is 9.33. The summed E-state index contributed by atoms with van der Waals surface area (Å²) in [4.78, 5) is 7.62. The van der Waals surface area contributed by atoms with Gasteiger partial charge in [-0.05, 0) is 4.57 Å². The van der Waals surface area contributed by atoms with Crippen molar-refractivity contribution in [3.8, 4) is 0 Å². The van der Waals surface area contributed by atoms with E-state index in [9.17, 15) is 4.57 Å². The van der Waals surface area contributed by atoms with Crippen molar-refractivity contribution in [2.45, 2.75) is 0 Å². The predicted molar refractivity (Wildman–Crippen MR) is 26.9 cm³/mol. The first kappa shape index (κ1) is 9.75. The van der Waals surface area contributed by atoms with E-state index in [2.05, 4.69) is 0 Å². The van der Waals surface area contributed by atoms with Gasteiger partial charge in [-0.15, -0.1) is 0 Å². The molecule has 5 heteroatoms. The molecule has 0 fully saturated rings. The average Bonchev–Trinajstić information content (AvgIpc) is 1.38. The van der Waals surface area contributed by atoms with Gasteiger partial charge in [-0.25, -0.2) is 0 Å². The molecule has 1 unspecified atom stereocenters. The highest BCUT2D eigenvalue weighted by atomic mass is 31.1. The number of aliphatic hydroxyl groups is 1. The molecule has 0 amide bonds. The lowest BCUT2D eigenvalue weighted by Gasteiger charge is -1.54. The molecule has 0 heterocycles. The summed E-state index contributed by atoms with van der Waals surface area (Å²) in [5.74, 6) is 0. The van der Waals surface area contributed by atoms with Crippen LogP contribution in [0.25, 0.3) is 0 Å². The average molecular weight is 125 g/mol. The van der Waals surface area contributed by atoms with Crippen LogP contribution in [0.1, 0.15) is 0 Å². The van der Waals surface area contributed by atoms with Crippen LogP contribution in [0.4, 0.5) is 0 Å². The van der Waals surface area contributed by atoms with E-state index in [4.69, 9.17) is 10.00 Å². The van der Waals surface area contributed by atoms with Gasteiger partial charge in [-0.1, -0.05) is 0 Å². The van der Waals surface area contributed by atoms with Gasteiger partial charge in [0.05, 0.1) is 0 Å². The summed E-state index contributed by atoms with van der Waals surface area (Å²) < 4.78 is 9.27. The van der Waals surface area contributed by atoms with Crippen LogP contribution in [0.15, 0.2) is 0 Å². The van der Waals surface area contributed by atoms with Crippen LogP contribution in [0, 0.1) is 0 Å². The van der Waals surface area contributed by atoms with Gasteiger partial charge >= 0.3 is 8.03 Å². The number of hydrogen-bond donors (Lipinski definition) is 2. The maximum Gasteiger partial charge on any atom is 0.534 e. The fraction of sp³-hybridized carbons (Fsp3) is 1.00. The zero-order chi connectivity index (χ0) is 4.28. The molecule has 0 aliphatic carbocycles. The fourth-order valence-electron chi connectivity index (χ4n) is 0. The van der Waals surface area contributed by atoms with Crippen LogP contribution in [-0.2, 0) is 4.57 Å². The van der Waals surface area contributed by atoms with Crippen LogP contribution >= 0.6 is 8.03 Å². The minimum atomic E-state index is -2.29. The van der Waals surface area contributed by atoms with Gasteiger partial charge < -0.3 is 5.11 Å². The van der Waals surface area contributed by atoms with Crippen molar-refractivity contribution in [2.24, 2.45) is 0 Å². The third kappa shape index (κ3) is 8.82. The Morgan fingerprint density at radius 2 is 1.83 bits per heavy atom. The molecular formula is CH7AlO3P+.